The maximum Gasteiger partial charge on any atom is 0.416 e. The molecule has 0 bridgehead atoms. The summed E-state index contributed by atoms with van der Waals surface area (Å²) in [6.07, 6.45) is -3.26. The number of halogens is 3. The van der Waals surface area contributed by atoms with Crippen LogP contribution in [0.15, 0.2) is 42.5 Å². The van der Waals surface area contributed by atoms with Crippen LogP contribution < -0.4 is 5.32 Å². The Morgan fingerprint density at radius 3 is 2.27 bits per heavy atom. The van der Waals surface area contributed by atoms with Gasteiger partial charge in [0.05, 0.1) is 11.5 Å². The number of carboxylic acid groups (broad SMARTS) is 1. The number of alkyl halides is 3. The fourth-order valence-electron chi connectivity index (χ4n) is 4.37. The number of benzene rings is 2. The molecule has 0 radical (unpaired) electrons. The molecule has 1 fully saturated rings. The van der Waals surface area contributed by atoms with Crippen LogP contribution in [0.4, 0.5) is 13.2 Å². The largest absolute Gasteiger partial charge is 0.481 e. The van der Waals surface area contributed by atoms with E-state index in [1.165, 1.54) is 6.07 Å². The number of hydrogen-bond donors (Lipinski definition) is 2. The highest BCUT2D eigenvalue weighted by molar-refractivity contribution is 5.79. The van der Waals surface area contributed by atoms with Gasteiger partial charge >= 0.3 is 12.1 Å². The van der Waals surface area contributed by atoms with Gasteiger partial charge in [0.15, 0.2) is 0 Å². The van der Waals surface area contributed by atoms with Crippen molar-refractivity contribution in [1.82, 2.24) is 5.32 Å². The summed E-state index contributed by atoms with van der Waals surface area (Å²) in [6.45, 7) is 4.97. The zero-order valence-corrected chi connectivity index (χ0v) is 17.3. The maximum atomic E-state index is 14.4. The molecular formula is C24H28F3NO2. The molecule has 1 aliphatic rings. The lowest BCUT2D eigenvalue weighted by Gasteiger charge is -2.30. The molecule has 2 N–H and O–H groups in total. The summed E-state index contributed by atoms with van der Waals surface area (Å²) in [4.78, 5) is 12.1. The molecule has 1 saturated heterocycles. The third-order valence-electron chi connectivity index (χ3n) is 5.75. The van der Waals surface area contributed by atoms with Crippen molar-refractivity contribution in [3.63, 3.8) is 0 Å². The van der Waals surface area contributed by atoms with Gasteiger partial charge in [0, 0.05) is 0 Å². The Hall–Kier alpha value is -2.34. The van der Waals surface area contributed by atoms with Crippen LogP contribution in [0.5, 0.6) is 0 Å². The summed E-state index contributed by atoms with van der Waals surface area (Å²) in [5.41, 5.74) is 0.801. The molecular weight excluding hydrogens is 391 g/mol. The molecule has 0 aliphatic carbocycles. The minimum Gasteiger partial charge on any atom is -0.481 e. The number of piperidine rings is 1. The van der Waals surface area contributed by atoms with Gasteiger partial charge in [-0.05, 0) is 72.5 Å². The first-order valence-electron chi connectivity index (χ1n) is 10.4. The molecule has 3 nitrogen and oxygen atoms in total. The van der Waals surface area contributed by atoms with Crippen molar-refractivity contribution in [2.75, 3.05) is 13.1 Å². The first-order valence-corrected chi connectivity index (χ1v) is 10.4. The summed E-state index contributed by atoms with van der Waals surface area (Å²) in [6, 6.07) is 12.3. The molecule has 0 spiro atoms. The Bertz CT molecular complexity index is 872. The zero-order valence-electron chi connectivity index (χ0n) is 17.3. The first-order chi connectivity index (χ1) is 14.2. The lowest BCUT2D eigenvalue weighted by atomic mass is 9.78. The van der Waals surface area contributed by atoms with E-state index in [4.69, 9.17) is 0 Å². The van der Waals surface area contributed by atoms with Crippen LogP contribution in [0.3, 0.4) is 0 Å². The molecule has 1 atom stereocenters. The normalized spacial score (nSPS) is 16.6. The lowest BCUT2D eigenvalue weighted by molar-refractivity contribution is -0.142. The van der Waals surface area contributed by atoms with Crippen LogP contribution in [-0.2, 0) is 11.0 Å². The Morgan fingerprint density at radius 2 is 1.73 bits per heavy atom. The van der Waals surface area contributed by atoms with Crippen molar-refractivity contribution in [2.45, 2.75) is 51.1 Å². The van der Waals surface area contributed by atoms with Crippen LogP contribution in [0.25, 0.3) is 11.1 Å². The molecule has 162 valence electrons. The average molecular weight is 419 g/mol. The van der Waals surface area contributed by atoms with Crippen molar-refractivity contribution >= 4 is 5.97 Å². The second-order valence-corrected chi connectivity index (χ2v) is 8.44. The second-order valence-electron chi connectivity index (χ2n) is 8.44. The van der Waals surface area contributed by atoms with Crippen molar-refractivity contribution in [3.05, 3.63) is 59.2 Å². The number of hydrogen-bond acceptors (Lipinski definition) is 2. The highest BCUT2D eigenvalue weighted by Gasteiger charge is 2.41. The fraction of sp³-hybridized carbons (Fsp3) is 0.458. The van der Waals surface area contributed by atoms with E-state index in [9.17, 15) is 23.1 Å². The summed E-state index contributed by atoms with van der Waals surface area (Å²) in [5, 5.41) is 13.0. The average Bonchev–Trinajstić information content (AvgIpc) is 2.71. The van der Waals surface area contributed by atoms with Gasteiger partial charge in [-0.2, -0.15) is 13.2 Å². The molecule has 3 rings (SSSR count). The summed E-state index contributed by atoms with van der Waals surface area (Å²) >= 11 is 0. The highest BCUT2D eigenvalue weighted by atomic mass is 19.4. The van der Waals surface area contributed by atoms with Crippen LogP contribution >= 0.6 is 0 Å². The van der Waals surface area contributed by atoms with E-state index in [0.29, 0.717) is 31.5 Å². The molecule has 1 aliphatic heterocycles. The van der Waals surface area contributed by atoms with E-state index in [-0.39, 0.29) is 29.4 Å². The Kier molecular flexibility index (Phi) is 6.86. The van der Waals surface area contributed by atoms with Gasteiger partial charge in [-0.3, -0.25) is 4.79 Å². The van der Waals surface area contributed by atoms with E-state index >= 15 is 0 Å². The summed E-state index contributed by atoms with van der Waals surface area (Å²) in [7, 11) is 0. The number of carbonyl (C=O) groups is 1. The lowest BCUT2D eigenvalue weighted by Crippen LogP contribution is -2.29. The van der Waals surface area contributed by atoms with Gasteiger partial charge in [0.25, 0.3) is 0 Å². The Labute approximate surface area is 175 Å². The topological polar surface area (TPSA) is 49.3 Å². The smallest absolute Gasteiger partial charge is 0.416 e. The molecule has 0 saturated carbocycles. The Balaban J connectivity index is 2.29. The van der Waals surface area contributed by atoms with E-state index in [2.05, 4.69) is 5.32 Å². The molecule has 1 heterocycles. The molecule has 2 aromatic rings. The van der Waals surface area contributed by atoms with Gasteiger partial charge in [-0.1, -0.05) is 50.2 Å². The fourth-order valence-corrected chi connectivity index (χ4v) is 4.37. The molecule has 1 unspecified atom stereocenters. The van der Waals surface area contributed by atoms with Crippen molar-refractivity contribution in [2.24, 2.45) is 5.92 Å². The van der Waals surface area contributed by atoms with Gasteiger partial charge in [0.1, 0.15) is 0 Å². The van der Waals surface area contributed by atoms with Crippen LogP contribution in [-0.4, -0.2) is 24.2 Å². The maximum absolute atomic E-state index is 14.4. The SMILES string of the molecule is CC(C)CC(C(=O)O)c1cc(-c2ccccc2)cc(C2CCNCC2)c1C(F)(F)F. The quantitative estimate of drug-likeness (QED) is 0.599. The number of nitrogens with one attached hydrogen (secondary N) is 1. The number of aliphatic carboxylic acids is 1. The van der Waals surface area contributed by atoms with E-state index in [1.807, 2.05) is 44.2 Å². The highest BCUT2D eigenvalue weighted by Crippen LogP contribution is 2.45. The van der Waals surface area contributed by atoms with Crippen molar-refractivity contribution in [1.29, 1.82) is 0 Å². The minimum absolute atomic E-state index is 0.0464. The first kappa shape index (κ1) is 22.3. The van der Waals surface area contributed by atoms with Gasteiger partial charge in [0.2, 0.25) is 0 Å². The molecule has 6 heteroatoms. The Morgan fingerprint density at radius 1 is 1.10 bits per heavy atom. The second kappa shape index (κ2) is 9.21. The van der Waals surface area contributed by atoms with Crippen LogP contribution in [0, 0.1) is 5.92 Å². The van der Waals surface area contributed by atoms with Crippen molar-refractivity contribution < 1.29 is 23.1 Å². The van der Waals surface area contributed by atoms with Gasteiger partial charge in [-0.15, -0.1) is 0 Å². The van der Waals surface area contributed by atoms with Crippen LogP contribution in [0.1, 0.15) is 61.6 Å². The summed E-state index contributed by atoms with van der Waals surface area (Å²) < 4.78 is 43.1. The summed E-state index contributed by atoms with van der Waals surface area (Å²) in [5.74, 6) is -2.71. The van der Waals surface area contributed by atoms with Gasteiger partial charge in [-0.25, -0.2) is 0 Å². The minimum atomic E-state index is -4.62. The third kappa shape index (κ3) is 5.04. The van der Waals surface area contributed by atoms with Gasteiger partial charge < -0.3 is 10.4 Å². The predicted octanol–water partition coefficient (Wildman–Crippen LogP) is 6.05. The van der Waals surface area contributed by atoms with E-state index in [1.54, 1.807) is 6.07 Å². The van der Waals surface area contributed by atoms with E-state index in [0.717, 1.165) is 5.56 Å². The molecule has 2 aromatic carbocycles. The number of carboxylic acids is 1. The van der Waals surface area contributed by atoms with E-state index < -0.39 is 23.6 Å². The standard InChI is InChI=1S/C24H28F3NO2/c1-15(2)12-21(23(29)30)20-14-18(16-6-4-3-5-7-16)13-19(22(20)24(25,26)27)17-8-10-28-11-9-17/h3-7,13-15,17,21,28H,8-12H2,1-2H3,(H,29,30). The zero-order chi connectivity index (χ0) is 21.9. The third-order valence-corrected chi connectivity index (χ3v) is 5.75. The predicted molar refractivity (Wildman–Crippen MR) is 112 cm³/mol. The number of rotatable bonds is 6. The molecule has 30 heavy (non-hydrogen) atoms. The van der Waals surface area contributed by atoms with Crippen molar-refractivity contribution in [3.8, 4) is 11.1 Å². The molecule has 0 aromatic heterocycles. The molecule has 0 amide bonds. The van der Waals surface area contributed by atoms with Crippen LogP contribution in [0.2, 0.25) is 0 Å². The monoisotopic (exact) mass is 419 g/mol.